The first-order valence-electron chi connectivity index (χ1n) is 13.5. The number of anilines is 2. The molecule has 1 aliphatic heterocycles. The number of aromatic carboxylic acids is 1. The van der Waals surface area contributed by atoms with Crippen molar-refractivity contribution in [3.05, 3.63) is 106 Å². The van der Waals surface area contributed by atoms with E-state index in [4.69, 9.17) is 21.1 Å². The first-order chi connectivity index (χ1) is 20.3. The monoisotopic (exact) mass is 589 g/mol. The number of carbonyl (C=O) groups is 2. The van der Waals surface area contributed by atoms with E-state index in [-0.39, 0.29) is 30.6 Å². The number of halogens is 2. The second-order valence-electron chi connectivity index (χ2n) is 9.89. The Labute approximate surface area is 247 Å². The lowest BCUT2D eigenvalue weighted by molar-refractivity contribution is -0.115. The van der Waals surface area contributed by atoms with Gasteiger partial charge in [-0.1, -0.05) is 48.0 Å². The normalized spacial score (nSPS) is 14.4. The van der Waals surface area contributed by atoms with Gasteiger partial charge in [0.2, 0.25) is 11.8 Å². The predicted molar refractivity (Wildman–Crippen MR) is 159 cm³/mol. The summed E-state index contributed by atoms with van der Waals surface area (Å²) in [6, 6.07) is 21.7. The topological polar surface area (TPSA) is 110 Å². The highest BCUT2D eigenvalue weighted by atomic mass is 35.5. The van der Waals surface area contributed by atoms with Gasteiger partial charge in [-0.25, -0.2) is 14.2 Å². The summed E-state index contributed by atoms with van der Waals surface area (Å²) in [4.78, 5) is 28.9. The molecular formula is C32H29ClFN3O5. The molecule has 10 heteroatoms. The van der Waals surface area contributed by atoms with Gasteiger partial charge in [-0.05, 0) is 54.8 Å². The van der Waals surface area contributed by atoms with Crippen molar-refractivity contribution < 1.29 is 28.6 Å². The Bertz CT molecular complexity index is 1580. The van der Waals surface area contributed by atoms with Crippen molar-refractivity contribution in [3.63, 3.8) is 0 Å². The van der Waals surface area contributed by atoms with Crippen LogP contribution < -0.4 is 15.4 Å². The van der Waals surface area contributed by atoms with E-state index in [1.54, 1.807) is 30.3 Å². The van der Waals surface area contributed by atoms with Gasteiger partial charge in [-0.3, -0.25) is 4.79 Å². The molecule has 0 radical (unpaired) electrons. The van der Waals surface area contributed by atoms with Crippen LogP contribution in [0.3, 0.4) is 0 Å². The molecule has 1 fully saturated rings. The number of hydrogen-bond acceptors (Lipinski definition) is 6. The van der Waals surface area contributed by atoms with Crippen molar-refractivity contribution in [2.75, 3.05) is 23.8 Å². The van der Waals surface area contributed by atoms with Crippen LogP contribution in [0.2, 0.25) is 5.02 Å². The zero-order chi connectivity index (χ0) is 29.5. The highest BCUT2D eigenvalue weighted by Gasteiger charge is 2.17. The van der Waals surface area contributed by atoms with E-state index in [0.717, 1.165) is 24.0 Å². The van der Waals surface area contributed by atoms with Crippen LogP contribution in [-0.4, -0.2) is 41.2 Å². The number of amides is 1. The van der Waals surface area contributed by atoms with Crippen molar-refractivity contribution >= 4 is 34.9 Å². The molecule has 0 aliphatic carbocycles. The molecule has 0 spiro atoms. The Morgan fingerprint density at radius 3 is 2.62 bits per heavy atom. The molecule has 1 aliphatic rings. The minimum absolute atomic E-state index is 0.0120. The number of rotatable bonds is 11. The summed E-state index contributed by atoms with van der Waals surface area (Å²) in [5.74, 6) is -1.38. The van der Waals surface area contributed by atoms with Crippen LogP contribution in [0.25, 0.3) is 11.3 Å². The molecule has 1 aromatic heterocycles. The molecule has 5 rings (SSSR count). The fourth-order valence-corrected chi connectivity index (χ4v) is 4.74. The Kier molecular flexibility index (Phi) is 9.31. The molecule has 3 aromatic carbocycles. The fraction of sp³-hybridized carbons (Fsp3) is 0.219. The van der Waals surface area contributed by atoms with Crippen LogP contribution in [-0.2, 0) is 22.6 Å². The molecular weight excluding hydrogens is 561 g/mol. The van der Waals surface area contributed by atoms with Crippen LogP contribution in [0.4, 0.5) is 15.8 Å². The van der Waals surface area contributed by atoms with Crippen molar-refractivity contribution in [3.8, 4) is 17.1 Å². The molecule has 0 bridgehead atoms. The van der Waals surface area contributed by atoms with Gasteiger partial charge in [-0.2, -0.15) is 0 Å². The van der Waals surface area contributed by atoms with E-state index in [1.165, 1.54) is 18.2 Å². The number of hydrogen-bond donors (Lipinski definition) is 3. The van der Waals surface area contributed by atoms with Gasteiger partial charge < -0.3 is 25.2 Å². The fourth-order valence-electron chi connectivity index (χ4n) is 4.58. The summed E-state index contributed by atoms with van der Waals surface area (Å²) in [7, 11) is 0. The summed E-state index contributed by atoms with van der Waals surface area (Å²) < 4.78 is 25.4. The molecule has 8 nitrogen and oxygen atoms in total. The molecule has 1 amide bonds. The van der Waals surface area contributed by atoms with Crippen LogP contribution in [0.1, 0.15) is 34.3 Å². The summed E-state index contributed by atoms with van der Waals surface area (Å²) >= 11 is 5.81. The quantitative estimate of drug-likeness (QED) is 0.181. The first-order valence-corrected chi connectivity index (χ1v) is 13.9. The Morgan fingerprint density at radius 2 is 1.88 bits per heavy atom. The Balaban J connectivity index is 1.21. The molecule has 2 heterocycles. The average molecular weight is 590 g/mol. The van der Waals surface area contributed by atoms with Crippen molar-refractivity contribution in [2.45, 2.75) is 32.0 Å². The Hall–Kier alpha value is -4.47. The molecule has 1 unspecified atom stereocenters. The third-order valence-corrected chi connectivity index (χ3v) is 7.05. The standard InChI is InChI=1S/C32H29ClFN3O5/c33-24-12-10-23(26(34)17-24)19-42-31-5-1-4-27(37-31)21-8-6-20(7-9-21)15-30(38)36-28-13-11-22(32(39)40)16-29(28)35-18-25-3-2-14-41-25/h1,4-13,16-17,25,35H,2-3,14-15,18-19H2,(H,36,38)(H,39,40). The average Bonchev–Trinajstić information content (AvgIpc) is 3.50. The van der Waals surface area contributed by atoms with Crippen molar-refractivity contribution in [1.29, 1.82) is 0 Å². The molecule has 216 valence electrons. The molecule has 3 N–H and O–H groups in total. The van der Waals surface area contributed by atoms with Crippen LogP contribution >= 0.6 is 11.6 Å². The van der Waals surface area contributed by atoms with Gasteiger partial charge in [0.25, 0.3) is 0 Å². The van der Waals surface area contributed by atoms with Crippen molar-refractivity contribution in [1.82, 2.24) is 4.98 Å². The van der Waals surface area contributed by atoms with E-state index < -0.39 is 11.8 Å². The largest absolute Gasteiger partial charge is 0.478 e. The van der Waals surface area contributed by atoms with Gasteiger partial charge in [0.15, 0.2) is 0 Å². The number of benzene rings is 3. The predicted octanol–water partition coefficient (Wildman–Crippen LogP) is 6.59. The number of carboxylic acid groups (broad SMARTS) is 1. The van der Waals surface area contributed by atoms with E-state index in [1.807, 2.05) is 30.3 Å². The third kappa shape index (κ3) is 7.63. The number of pyridine rings is 1. The van der Waals surface area contributed by atoms with Gasteiger partial charge in [0.05, 0.1) is 35.2 Å². The number of nitrogens with zero attached hydrogens (tertiary/aromatic N) is 1. The van der Waals surface area contributed by atoms with Crippen LogP contribution in [0.15, 0.2) is 78.9 Å². The zero-order valence-corrected chi connectivity index (χ0v) is 23.4. The number of carboxylic acids is 1. The van der Waals surface area contributed by atoms with Gasteiger partial charge in [0.1, 0.15) is 12.4 Å². The molecule has 0 saturated carbocycles. The summed E-state index contributed by atoms with van der Waals surface area (Å²) in [6.07, 6.45) is 2.09. The van der Waals surface area contributed by atoms with E-state index >= 15 is 0 Å². The number of nitrogens with one attached hydrogen (secondary N) is 2. The lowest BCUT2D eigenvalue weighted by atomic mass is 10.1. The second-order valence-corrected chi connectivity index (χ2v) is 10.3. The smallest absolute Gasteiger partial charge is 0.335 e. The minimum Gasteiger partial charge on any atom is -0.478 e. The van der Waals surface area contributed by atoms with E-state index in [0.29, 0.717) is 46.7 Å². The molecule has 1 saturated heterocycles. The molecule has 42 heavy (non-hydrogen) atoms. The maximum atomic E-state index is 14.1. The molecule has 4 aromatic rings. The highest BCUT2D eigenvalue weighted by molar-refractivity contribution is 6.30. The summed E-state index contributed by atoms with van der Waals surface area (Å²) in [5.41, 5.74) is 3.81. The maximum Gasteiger partial charge on any atom is 0.335 e. The lowest BCUT2D eigenvalue weighted by Gasteiger charge is -2.16. The Morgan fingerprint density at radius 1 is 1.05 bits per heavy atom. The van der Waals surface area contributed by atoms with Gasteiger partial charge >= 0.3 is 5.97 Å². The highest BCUT2D eigenvalue weighted by Crippen LogP contribution is 2.26. The summed E-state index contributed by atoms with van der Waals surface area (Å²) in [5, 5.41) is 15.8. The third-order valence-electron chi connectivity index (χ3n) is 6.81. The second kappa shape index (κ2) is 13.5. The van der Waals surface area contributed by atoms with Crippen LogP contribution in [0.5, 0.6) is 5.88 Å². The number of carbonyl (C=O) groups excluding carboxylic acids is 1. The van der Waals surface area contributed by atoms with E-state index in [9.17, 15) is 19.1 Å². The van der Waals surface area contributed by atoms with Gasteiger partial charge in [0, 0.05) is 35.4 Å². The zero-order valence-electron chi connectivity index (χ0n) is 22.6. The first kappa shape index (κ1) is 29.0. The summed E-state index contributed by atoms with van der Waals surface area (Å²) in [6.45, 7) is 1.24. The minimum atomic E-state index is -1.05. The maximum absolute atomic E-state index is 14.1. The van der Waals surface area contributed by atoms with Crippen LogP contribution in [0, 0.1) is 5.82 Å². The van der Waals surface area contributed by atoms with E-state index in [2.05, 4.69) is 15.6 Å². The van der Waals surface area contributed by atoms with Crippen molar-refractivity contribution in [2.24, 2.45) is 0 Å². The lowest BCUT2D eigenvalue weighted by Crippen LogP contribution is -2.21. The van der Waals surface area contributed by atoms with Gasteiger partial charge in [-0.15, -0.1) is 0 Å². The number of aromatic nitrogens is 1. The SMILES string of the molecule is O=C(Cc1ccc(-c2cccc(OCc3ccc(Cl)cc3F)n2)cc1)Nc1ccc(C(=O)O)cc1NCC1CCCO1. The molecule has 1 atom stereocenters. The number of ether oxygens (including phenoxy) is 2.